The predicted octanol–water partition coefficient (Wildman–Crippen LogP) is 3.40. The molecule has 0 saturated carbocycles. The van der Waals surface area contributed by atoms with Crippen LogP contribution in [0.1, 0.15) is 43.6 Å². The van der Waals surface area contributed by atoms with Gasteiger partial charge in [0.05, 0.1) is 0 Å². The largest absolute Gasteiger partial charge is 0.370 e. The monoisotopic (exact) mass is 231 g/mol. The van der Waals surface area contributed by atoms with Crippen LogP contribution in [0.5, 0.6) is 0 Å². The summed E-state index contributed by atoms with van der Waals surface area (Å²) in [5.41, 5.74) is 2.63. The van der Waals surface area contributed by atoms with E-state index in [2.05, 4.69) is 21.4 Å². The topological polar surface area (TPSA) is 37.8 Å². The van der Waals surface area contributed by atoms with Crippen LogP contribution in [0.4, 0.5) is 5.82 Å². The number of nitrogens with one attached hydrogen (secondary N) is 1. The predicted molar refractivity (Wildman–Crippen MR) is 71.2 cm³/mol. The Labute approximate surface area is 103 Å². The summed E-state index contributed by atoms with van der Waals surface area (Å²) < 4.78 is 0. The number of aryl methyl sites for hydroxylation is 2. The van der Waals surface area contributed by atoms with Crippen LogP contribution in [-0.4, -0.2) is 16.5 Å². The van der Waals surface area contributed by atoms with E-state index in [-0.39, 0.29) is 0 Å². The van der Waals surface area contributed by atoms with Crippen molar-refractivity contribution in [1.29, 1.82) is 0 Å². The van der Waals surface area contributed by atoms with Crippen LogP contribution in [0.3, 0.4) is 0 Å². The van der Waals surface area contributed by atoms with E-state index >= 15 is 0 Å². The van der Waals surface area contributed by atoms with Gasteiger partial charge in [0.1, 0.15) is 11.6 Å². The first-order chi connectivity index (χ1) is 8.24. The van der Waals surface area contributed by atoms with Crippen LogP contribution >= 0.6 is 0 Å². The lowest BCUT2D eigenvalue weighted by Crippen LogP contribution is -2.07. The van der Waals surface area contributed by atoms with Crippen molar-refractivity contribution in [2.75, 3.05) is 11.9 Å². The Balaban J connectivity index is 1.83. The fraction of sp³-hybridized carbons (Fsp3) is 0.571. The number of anilines is 1. The minimum atomic E-state index is 0.837. The highest BCUT2D eigenvalue weighted by Crippen LogP contribution is 2.19. The molecule has 1 aliphatic rings. The minimum absolute atomic E-state index is 0.837. The van der Waals surface area contributed by atoms with E-state index in [1.165, 1.54) is 25.7 Å². The Morgan fingerprint density at radius 2 is 2.12 bits per heavy atom. The summed E-state index contributed by atoms with van der Waals surface area (Å²) in [5, 5.41) is 3.38. The van der Waals surface area contributed by atoms with Gasteiger partial charge in [-0.05, 0) is 46.0 Å². The number of hydrogen-bond donors (Lipinski definition) is 1. The zero-order valence-electron chi connectivity index (χ0n) is 10.8. The van der Waals surface area contributed by atoms with Gasteiger partial charge in [0.15, 0.2) is 0 Å². The molecule has 1 N–H and O–H groups in total. The van der Waals surface area contributed by atoms with Gasteiger partial charge >= 0.3 is 0 Å². The molecule has 0 fully saturated rings. The lowest BCUT2D eigenvalue weighted by Gasteiger charge is -2.13. The molecule has 17 heavy (non-hydrogen) atoms. The van der Waals surface area contributed by atoms with Gasteiger partial charge in [-0.15, -0.1) is 0 Å². The molecule has 0 spiro atoms. The second kappa shape index (κ2) is 5.80. The number of nitrogens with zero attached hydrogens (tertiary/aromatic N) is 2. The van der Waals surface area contributed by atoms with Crippen molar-refractivity contribution in [3.63, 3.8) is 0 Å². The van der Waals surface area contributed by atoms with Crippen molar-refractivity contribution in [1.82, 2.24) is 9.97 Å². The molecule has 1 heterocycles. The van der Waals surface area contributed by atoms with E-state index in [1.54, 1.807) is 5.57 Å². The highest BCUT2D eigenvalue weighted by molar-refractivity contribution is 5.35. The fourth-order valence-electron chi connectivity index (χ4n) is 2.29. The molecular formula is C14H21N3. The third-order valence-corrected chi connectivity index (χ3v) is 3.10. The van der Waals surface area contributed by atoms with Crippen molar-refractivity contribution in [2.45, 2.75) is 46.0 Å². The Morgan fingerprint density at radius 3 is 2.82 bits per heavy atom. The molecule has 0 saturated heterocycles. The molecule has 0 unspecified atom stereocenters. The molecule has 0 bridgehead atoms. The maximum absolute atomic E-state index is 4.37. The standard InChI is InChI=1S/C14H21N3/c1-11-10-14(17-12(2)16-11)15-9-8-13-6-4-3-5-7-13/h6,10H,3-5,7-9H2,1-2H3,(H,15,16,17). The van der Waals surface area contributed by atoms with Gasteiger partial charge in [0.25, 0.3) is 0 Å². The zero-order chi connectivity index (χ0) is 12.1. The van der Waals surface area contributed by atoms with Crippen LogP contribution in [0.15, 0.2) is 17.7 Å². The van der Waals surface area contributed by atoms with E-state index in [0.717, 1.165) is 30.3 Å². The van der Waals surface area contributed by atoms with Crippen LogP contribution < -0.4 is 5.32 Å². The van der Waals surface area contributed by atoms with Crippen molar-refractivity contribution < 1.29 is 0 Å². The fourth-order valence-corrected chi connectivity index (χ4v) is 2.29. The molecule has 1 aromatic heterocycles. The van der Waals surface area contributed by atoms with E-state index in [9.17, 15) is 0 Å². The average molecular weight is 231 g/mol. The van der Waals surface area contributed by atoms with Gasteiger partial charge in [-0.1, -0.05) is 11.6 Å². The van der Waals surface area contributed by atoms with Crippen LogP contribution in [0, 0.1) is 13.8 Å². The second-order valence-electron chi connectivity index (χ2n) is 4.73. The van der Waals surface area contributed by atoms with Crippen LogP contribution in [-0.2, 0) is 0 Å². The summed E-state index contributed by atoms with van der Waals surface area (Å²) in [6.07, 6.45) is 8.81. The van der Waals surface area contributed by atoms with E-state index in [4.69, 9.17) is 0 Å². The van der Waals surface area contributed by atoms with Crippen molar-refractivity contribution in [2.24, 2.45) is 0 Å². The first-order valence-electron chi connectivity index (χ1n) is 6.48. The molecular weight excluding hydrogens is 210 g/mol. The second-order valence-corrected chi connectivity index (χ2v) is 4.73. The summed E-state index contributed by atoms with van der Waals surface area (Å²) in [6, 6.07) is 2.00. The number of rotatable bonds is 4. The highest BCUT2D eigenvalue weighted by atomic mass is 15.0. The van der Waals surface area contributed by atoms with Gasteiger partial charge in [-0.2, -0.15) is 0 Å². The van der Waals surface area contributed by atoms with Gasteiger partial charge in [0, 0.05) is 18.3 Å². The Morgan fingerprint density at radius 1 is 1.24 bits per heavy atom. The Kier molecular flexibility index (Phi) is 4.13. The highest BCUT2D eigenvalue weighted by Gasteiger charge is 2.03. The first kappa shape index (κ1) is 12.1. The quantitative estimate of drug-likeness (QED) is 0.807. The van der Waals surface area contributed by atoms with Crippen molar-refractivity contribution in [3.8, 4) is 0 Å². The molecule has 1 aromatic rings. The maximum atomic E-state index is 4.37. The molecule has 0 aromatic carbocycles. The smallest absolute Gasteiger partial charge is 0.129 e. The lowest BCUT2D eigenvalue weighted by molar-refractivity contribution is 0.679. The summed E-state index contributed by atoms with van der Waals surface area (Å²) in [7, 11) is 0. The zero-order valence-corrected chi connectivity index (χ0v) is 10.8. The first-order valence-corrected chi connectivity index (χ1v) is 6.48. The third kappa shape index (κ3) is 3.84. The van der Waals surface area contributed by atoms with Crippen molar-refractivity contribution >= 4 is 5.82 Å². The summed E-state index contributed by atoms with van der Waals surface area (Å²) in [4.78, 5) is 8.64. The summed E-state index contributed by atoms with van der Waals surface area (Å²) in [6.45, 7) is 4.91. The van der Waals surface area contributed by atoms with Crippen LogP contribution in [0.25, 0.3) is 0 Å². The van der Waals surface area contributed by atoms with Crippen LogP contribution in [0.2, 0.25) is 0 Å². The minimum Gasteiger partial charge on any atom is -0.370 e. The molecule has 3 heteroatoms. The van der Waals surface area contributed by atoms with E-state index < -0.39 is 0 Å². The SMILES string of the molecule is Cc1cc(NCCC2=CCCCC2)nc(C)n1. The summed E-state index contributed by atoms with van der Waals surface area (Å²) in [5.74, 6) is 1.79. The molecule has 0 radical (unpaired) electrons. The summed E-state index contributed by atoms with van der Waals surface area (Å²) >= 11 is 0. The average Bonchev–Trinajstić information content (AvgIpc) is 2.29. The molecule has 0 aliphatic heterocycles. The molecule has 0 atom stereocenters. The van der Waals surface area contributed by atoms with Crippen molar-refractivity contribution in [3.05, 3.63) is 29.2 Å². The maximum Gasteiger partial charge on any atom is 0.129 e. The lowest BCUT2D eigenvalue weighted by atomic mass is 9.97. The number of aromatic nitrogens is 2. The normalized spacial score (nSPS) is 15.5. The molecule has 1 aliphatic carbocycles. The Bertz CT molecular complexity index is 390. The Hall–Kier alpha value is -1.38. The van der Waals surface area contributed by atoms with Gasteiger partial charge < -0.3 is 5.32 Å². The number of hydrogen-bond acceptors (Lipinski definition) is 3. The van der Waals surface area contributed by atoms with Gasteiger partial charge in [-0.3, -0.25) is 0 Å². The third-order valence-electron chi connectivity index (χ3n) is 3.10. The molecule has 92 valence electrons. The molecule has 0 amide bonds. The number of allylic oxidation sites excluding steroid dienone is 1. The molecule has 3 nitrogen and oxygen atoms in total. The van der Waals surface area contributed by atoms with E-state index in [1.807, 2.05) is 19.9 Å². The van der Waals surface area contributed by atoms with E-state index in [0.29, 0.717) is 0 Å². The van der Waals surface area contributed by atoms with Gasteiger partial charge in [0.2, 0.25) is 0 Å². The van der Waals surface area contributed by atoms with Gasteiger partial charge in [-0.25, -0.2) is 9.97 Å². The molecule has 2 rings (SSSR count).